The van der Waals surface area contributed by atoms with Crippen molar-refractivity contribution in [1.29, 1.82) is 0 Å². The lowest BCUT2D eigenvalue weighted by atomic mass is 9.96. The van der Waals surface area contributed by atoms with Gasteiger partial charge in [-0.05, 0) is 43.5 Å². The molecule has 0 amide bonds. The van der Waals surface area contributed by atoms with Crippen LogP contribution in [0.4, 0.5) is 8.78 Å². The van der Waals surface area contributed by atoms with Gasteiger partial charge in [0, 0.05) is 18.7 Å². The minimum atomic E-state index is -0.569. The molecule has 0 aliphatic heterocycles. The van der Waals surface area contributed by atoms with Gasteiger partial charge in [-0.2, -0.15) is 0 Å². The Labute approximate surface area is 129 Å². The van der Waals surface area contributed by atoms with Crippen LogP contribution in [0.1, 0.15) is 25.3 Å². The minimum Gasteiger partial charge on any atom is -0.498 e. The van der Waals surface area contributed by atoms with Crippen molar-refractivity contribution in [3.8, 4) is 0 Å². The molecule has 1 aromatic carbocycles. The zero-order chi connectivity index (χ0) is 16.1. The van der Waals surface area contributed by atoms with Crippen molar-refractivity contribution in [3.63, 3.8) is 0 Å². The van der Waals surface area contributed by atoms with E-state index in [-0.39, 0.29) is 6.10 Å². The van der Waals surface area contributed by atoms with E-state index in [1.165, 1.54) is 12.1 Å². The number of methoxy groups -OCH3 is 2. The number of ether oxygens (including phenoxy) is 2. The van der Waals surface area contributed by atoms with E-state index in [9.17, 15) is 8.78 Å². The minimum absolute atomic E-state index is 0.0485. The highest BCUT2D eigenvalue weighted by Gasteiger charge is 2.18. The molecule has 2 rings (SSSR count). The van der Waals surface area contributed by atoms with Crippen LogP contribution in [0.25, 0.3) is 6.08 Å². The molecule has 0 aromatic heterocycles. The Morgan fingerprint density at radius 2 is 2.09 bits per heavy atom. The quantitative estimate of drug-likeness (QED) is 0.789. The predicted molar refractivity (Wildman–Crippen MR) is 83.2 cm³/mol. The Hall–Kier alpha value is -1.94. The maximum Gasteiger partial charge on any atom is 0.133 e. The molecule has 1 aromatic rings. The highest BCUT2D eigenvalue weighted by molar-refractivity contribution is 5.54. The average Bonchev–Trinajstić information content (AvgIpc) is 2.50. The zero-order valence-corrected chi connectivity index (χ0v) is 13.0. The first-order valence-corrected chi connectivity index (χ1v) is 7.13. The van der Waals surface area contributed by atoms with Gasteiger partial charge in [0.25, 0.3) is 0 Å². The molecule has 1 aliphatic carbocycles. The SMILES string of the molecule is COC1=CC(C/C(C)=C/c2ccc(F)cc2F)=CCC1OC. The second kappa shape index (κ2) is 7.36. The van der Waals surface area contributed by atoms with Crippen LogP contribution in [0.3, 0.4) is 0 Å². The van der Waals surface area contributed by atoms with E-state index in [0.29, 0.717) is 12.0 Å². The lowest BCUT2D eigenvalue weighted by molar-refractivity contribution is 0.0789. The summed E-state index contributed by atoms with van der Waals surface area (Å²) in [6.45, 7) is 1.92. The van der Waals surface area contributed by atoms with Crippen molar-refractivity contribution in [2.75, 3.05) is 14.2 Å². The van der Waals surface area contributed by atoms with Crippen LogP contribution in [0.2, 0.25) is 0 Å². The molecule has 0 heterocycles. The van der Waals surface area contributed by atoms with Crippen LogP contribution in [-0.2, 0) is 9.47 Å². The lowest BCUT2D eigenvalue weighted by Gasteiger charge is -2.21. The van der Waals surface area contributed by atoms with Gasteiger partial charge >= 0.3 is 0 Å². The maximum absolute atomic E-state index is 13.7. The molecular formula is C18H20F2O2. The largest absolute Gasteiger partial charge is 0.498 e. The number of allylic oxidation sites excluding steroid dienone is 3. The summed E-state index contributed by atoms with van der Waals surface area (Å²) < 4.78 is 37.2. The first kappa shape index (κ1) is 16.4. The van der Waals surface area contributed by atoms with E-state index in [0.717, 1.165) is 29.4 Å². The fourth-order valence-electron chi connectivity index (χ4n) is 2.49. The van der Waals surface area contributed by atoms with Crippen molar-refractivity contribution >= 4 is 6.08 Å². The van der Waals surface area contributed by atoms with Crippen molar-refractivity contribution in [2.24, 2.45) is 0 Å². The third-order valence-electron chi connectivity index (χ3n) is 3.61. The summed E-state index contributed by atoms with van der Waals surface area (Å²) in [6, 6.07) is 3.60. The number of hydrogen-bond donors (Lipinski definition) is 0. The summed E-state index contributed by atoms with van der Waals surface area (Å²) in [6.07, 6.45) is 7.17. The molecule has 118 valence electrons. The normalized spacial score (nSPS) is 18.8. The third kappa shape index (κ3) is 4.04. The van der Waals surface area contributed by atoms with E-state index in [2.05, 4.69) is 6.08 Å². The average molecular weight is 306 g/mol. The molecule has 0 N–H and O–H groups in total. The van der Waals surface area contributed by atoms with Crippen molar-refractivity contribution < 1.29 is 18.3 Å². The van der Waals surface area contributed by atoms with Crippen LogP contribution in [-0.4, -0.2) is 20.3 Å². The van der Waals surface area contributed by atoms with Crippen molar-refractivity contribution in [3.05, 3.63) is 64.5 Å². The van der Waals surface area contributed by atoms with Gasteiger partial charge < -0.3 is 9.47 Å². The number of benzene rings is 1. The Balaban J connectivity index is 2.12. The highest BCUT2D eigenvalue weighted by Crippen LogP contribution is 2.26. The summed E-state index contributed by atoms with van der Waals surface area (Å²) in [5.74, 6) is -0.328. The second-order valence-electron chi connectivity index (χ2n) is 5.32. The maximum atomic E-state index is 13.7. The van der Waals surface area contributed by atoms with Gasteiger partial charge in [-0.1, -0.05) is 17.7 Å². The first-order valence-electron chi connectivity index (χ1n) is 7.13. The van der Waals surface area contributed by atoms with Crippen LogP contribution in [0.15, 0.2) is 47.3 Å². The molecule has 22 heavy (non-hydrogen) atoms. The first-order chi connectivity index (χ1) is 10.5. The summed E-state index contributed by atoms with van der Waals surface area (Å²) in [4.78, 5) is 0. The van der Waals surface area contributed by atoms with Gasteiger partial charge in [-0.25, -0.2) is 8.78 Å². The van der Waals surface area contributed by atoms with Gasteiger partial charge in [-0.3, -0.25) is 0 Å². The van der Waals surface area contributed by atoms with Crippen LogP contribution in [0.5, 0.6) is 0 Å². The second-order valence-corrected chi connectivity index (χ2v) is 5.32. The topological polar surface area (TPSA) is 18.5 Å². The Bertz CT molecular complexity index is 630. The monoisotopic (exact) mass is 306 g/mol. The van der Waals surface area contributed by atoms with Gasteiger partial charge in [0.05, 0.1) is 7.11 Å². The molecule has 1 aliphatic rings. The fourth-order valence-corrected chi connectivity index (χ4v) is 2.49. The van der Waals surface area contributed by atoms with E-state index in [1.807, 2.05) is 13.0 Å². The summed E-state index contributed by atoms with van der Waals surface area (Å²) in [5.41, 5.74) is 2.47. The molecule has 0 saturated heterocycles. The number of rotatable bonds is 5. The molecule has 0 bridgehead atoms. The lowest BCUT2D eigenvalue weighted by Crippen LogP contribution is -2.17. The molecule has 2 nitrogen and oxygen atoms in total. The Morgan fingerprint density at radius 3 is 2.73 bits per heavy atom. The predicted octanol–water partition coefficient (Wildman–Crippen LogP) is 4.63. The summed E-state index contributed by atoms with van der Waals surface area (Å²) in [5, 5.41) is 0. The zero-order valence-electron chi connectivity index (χ0n) is 13.0. The molecule has 1 unspecified atom stereocenters. The molecule has 0 saturated carbocycles. The van der Waals surface area contributed by atoms with Gasteiger partial charge in [0.1, 0.15) is 23.5 Å². The molecule has 0 fully saturated rings. The van der Waals surface area contributed by atoms with Crippen LogP contribution >= 0.6 is 0 Å². The van der Waals surface area contributed by atoms with Gasteiger partial charge in [-0.15, -0.1) is 0 Å². The Kier molecular flexibility index (Phi) is 5.50. The smallest absolute Gasteiger partial charge is 0.133 e. The van der Waals surface area contributed by atoms with Crippen molar-refractivity contribution in [1.82, 2.24) is 0 Å². The van der Waals surface area contributed by atoms with E-state index in [4.69, 9.17) is 9.47 Å². The molecule has 0 radical (unpaired) electrons. The van der Waals surface area contributed by atoms with Gasteiger partial charge in [0.2, 0.25) is 0 Å². The fraction of sp³-hybridized carbons (Fsp3) is 0.333. The molecule has 1 atom stereocenters. The van der Waals surface area contributed by atoms with Crippen LogP contribution < -0.4 is 0 Å². The highest BCUT2D eigenvalue weighted by atomic mass is 19.1. The molecular weight excluding hydrogens is 286 g/mol. The number of hydrogen-bond acceptors (Lipinski definition) is 2. The van der Waals surface area contributed by atoms with E-state index < -0.39 is 11.6 Å². The Morgan fingerprint density at radius 1 is 1.32 bits per heavy atom. The molecule has 0 spiro atoms. The standard InChI is InChI=1S/C18H20F2O2/c1-12(9-14-5-6-15(19)11-16(14)20)8-13-4-7-17(21-2)18(10-13)22-3/h4-6,9-11,17H,7-8H2,1-3H3/b12-9+. The van der Waals surface area contributed by atoms with Crippen LogP contribution in [0, 0.1) is 11.6 Å². The third-order valence-corrected chi connectivity index (χ3v) is 3.61. The van der Waals surface area contributed by atoms with Crippen molar-refractivity contribution in [2.45, 2.75) is 25.9 Å². The van der Waals surface area contributed by atoms with E-state index >= 15 is 0 Å². The van der Waals surface area contributed by atoms with E-state index in [1.54, 1.807) is 20.3 Å². The number of halogens is 2. The summed E-state index contributed by atoms with van der Waals surface area (Å²) >= 11 is 0. The summed E-state index contributed by atoms with van der Waals surface area (Å²) in [7, 11) is 3.27. The molecule has 4 heteroatoms. The van der Waals surface area contributed by atoms with Gasteiger partial charge in [0.15, 0.2) is 0 Å².